The maximum Gasteiger partial charge on any atom is 0.274 e. The number of methoxy groups -OCH3 is 1. The van der Waals surface area contributed by atoms with Crippen LogP contribution in [0.3, 0.4) is 0 Å². The fraction of sp³-hybridized carbons (Fsp3) is 0.136. The van der Waals surface area contributed by atoms with Gasteiger partial charge in [0.2, 0.25) is 0 Å². The van der Waals surface area contributed by atoms with E-state index in [2.05, 4.69) is 10.3 Å². The SMILES string of the molecule is COc1cccc(-n2nc(C(=O)N(C)Cc3ccon3)cc2-c2ccccc2)c1. The molecule has 0 N–H and O–H groups in total. The standard InChI is InChI=1S/C22H20N4O3/c1-25(15-17-11-12-29-24-17)22(27)20-14-21(16-7-4-3-5-8-16)26(23-20)18-9-6-10-19(13-18)28-2/h3-14H,15H2,1-2H3. The Labute approximate surface area is 168 Å². The third kappa shape index (κ3) is 3.89. The molecule has 0 saturated heterocycles. The van der Waals surface area contributed by atoms with Crippen LogP contribution in [-0.4, -0.2) is 39.9 Å². The third-order valence-electron chi connectivity index (χ3n) is 4.53. The summed E-state index contributed by atoms with van der Waals surface area (Å²) in [6, 6.07) is 20.9. The number of hydrogen-bond donors (Lipinski definition) is 0. The predicted octanol–water partition coefficient (Wildman–Crippen LogP) is 3.81. The summed E-state index contributed by atoms with van der Waals surface area (Å²) in [5.74, 6) is 0.514. The van der Waals surface area contributed by atoms with Crippen molar-refractivity contribution in [1.29, 1.82) is 0 Å². The summed E-state index contributed by atoms with van der Waals surface area (Å²) in [5.41, 5.74) is 3.61. The zero-order valence-corrected chi connectivity index (χ0v) is 16.1. The Bertz CT molecular complexity index is 1100. The Hall–Kier alpha value is -3.87. The number of nitrogens with zero attached hydrogens (tertiary/aromatic N) is 4. The number of benzene rings is 2. The highest BCUT2D eigenvalue weighted by Crippen LogP contribution is 2.26. The lowest BCUT2D eigenvalue weighted by atomic mass is 10.1. The van der Waals surface area contributed by atoms with Crippen molar-refractivity contribution in [2.24, 2.45) is 0 Å². The van der Waals surface area contributed by atoms with Gasteiger partial charge in [-0.2, -0.15) is 5.10 Å². The van der Waals surface area contributed by atoms with E-state index in [-0.39, 0.29) is 5.91 Å². The molecule has 2 aromatic carbocycles. The van der Waals surface area contributed by atoms with Gasteiger partial charge in [-0.25, -0.2) is 4.68 Å². The van der Waals surface area contributed by atoms with Crippen LogP contribution in [0.25, 0.3) is 16.9 Å². The van der Waals surface area contributed by atoms with Crippen molar-refractivity contribution < 1.29 is 14.1 Å². The number of aromatic nitrogens is 3. The van der Waals surface area contributed by atoms with Crippen molar-refractivity contribution >= 4 is 5.91 Å². The second-order valence-electron chi connectivity index (χ2n) is 6.55. The molecule has 0 aliphatic heterocycles. The molecule has 7 nitrogen and oxygen atoms in total. The van der Waals surface area contributed by atoms with E-state index in [0.29, 0.717) is 23.7 Å². The number of ether oxygens (including phenoxy) is 1. The van der Waals surface area contributed by atoms with Gasteiger partial charge in [-0.15, -0.1) is 0 Å². The first-order valence-electron chi connectivity index (χ1n) is 9.10. The summed E-state index contributed by atoms with van der Waals surface area (Å²) >= 11 is 0. The summed E-state index contributed by atoms with van der Waals surface area (Å²) in [4.78, 5) is 14.5. The van der Waals surface area contributed by atoms with Crippen molar-refractivity contribution in [2.45, 2.75) is 6.54 Å². The average molecular weight is 388 g/mol. The number of rotatable bonds is 6. The Morgan fingerprint density at radius 1 is 1.10 bits per heavy atom. The van der Waals surface area contributed by atoms with Crippen LogP contribution in [0, 0.1) is 0 Å². The molecule has 0 spiro atoms. The Balaban J connectivity index is 1.74. The number of hydrogen-bond acceptors (Lipinski definition) is 5. The lowest BCUT2D eigenvalue weighted by Crippen LogP contribution is -2.26. The molecule has 0 unspecified atom stereocenters. The first-order valence-corrected chi connectivity index (χ1v) is 9.10. The zero-order chi connectivity index (χ0) is 20.2. The third-order valence-corrected chi connectivity index (χ3v) is 4.53. The summed E-state index contributed by atoms with van der Waals surface area (Å²) in [5, 5.41) is 8.47. The van der Waals surface area contributed by atoms with Gasteiger partial charge in [0.1, 0.15) is 17.7 Å². The summed E-state index contributed by atoms with van der Waals surface area (Å²) < 4.78 is 11.9. The van der Waals surface area contributed by atoms with Crippen molar-refractivity contribution in [3.05, 3.63) is 84.4 Å². The summed E-state index contributed by atoms with van der Waals surface area (Å²) in [6.45, 7) is 0.335. The van der Waals surface area contributed by atoms with E-state index in [9.17, 15) is 4.79 Å². The highest BCUT2D eigenvalue weighted by molar-refractivity contribution is 5.93. The van der Waals surface area contributed by atoms with Crippen molar-refractivity contribution in [1.82, 2.24) is 19.8 Å². The van der Waals surface area contributed by atoms with E-state index in [1.165, 1.54) is 6.26 Å². The molecule has 0 aliphatic rings. The van der Waals surface area contributed by atoms with Gasteiger partial charge >= 0.3 is 0 Å². The van der Waals surface area contributed by atoms with Crippen molar-refractivity contribution in [2.75, 3.05) is 14.2 Å². The Morgan fingerprint density at radius 2 is 1.93 bits per heavy atom. The molecule has 0 atom stereocenters. The van der Waals surface area contributed by atoms with E-state index in [0.717, 1.165) is 16.9 Å². The average Bonchev–Trinajstić information content (AvgIpc) is 3.44. The highest BCUT2D eigenvalue weighted by Gasteiger charge is 2.20. The summed E-state index contributed by atoms with van der Waals surface area (Å²) in [7, 11) is 3.33. The van der Waals surface area contributed by atoms with Crippen molar-refractivity contribution in [3.63, 3.8) is 0 Å². The minimum atomic E-state index is -0.202. The highest BCUT2D eigenvalue weighted by atomic mass is 16.5. The van der Waals surface area contributed by atoms with Crippen LogP contribution in [-0.2, 0) is 6.54 Å². The van der Waals surface area contributed by atoms with E-state index in [1.807, 2.05) is 54.6 Å². The molecule has 29 heavy (non-hydrogen) atoms. The first-order chi connectivity index (χ1) is 14.2. The predicted molar refractivity (Wildman–Crippen MR) is 108 cm³/mol. The van der Waals surface area contributed by atoms with E-state index in [4.69, 9.17) is 9.26 Å². The number of carbonyl (C=O) groups excluding carboxylic acids is 1. The molecule has 4 rings (SSSR count). The molecular weight excluding hydrogens is 368 g/mol. The van der Waals surface area contributed by atoms with Gasteiger partial charge in [0.15, 0.2) is 5.69 Å². The van der Waals surface area contributed by atoms with Crippen LogP contribution in [0.15, 0.2) is 77.5 Å². The topological polar surface area (TPSA) is 73.4 Å². The lowest BCUT2D eigenvalue weighted by molar-refractivity contribution is 0.0776. The molecule has 1 amide bonds. The normalized spacial score (nSPS) is 10.7. The van der Waals surface area contributed by atoms with Gasteiger partial charge in [0.25, 0.3) is 5.91 Å². The van der Waals surface area contributed by atoms with Gasteiger partial charge in [-0.1, -0.05) is 41.6 Å². The molecule has 2 heterocycles. The molecular formula is C22H20N4O3. The monoisotopic (exact) mass is 388 g/mol. The van der Waals surface area contributed by atoms with Crippen LogP contribution in [0.5, 0.6) is 5.75 Å². The Morgan fingerprint density at radius 3 is 2.66 bits per heavy atom. The molecule has 146 valence electrons. The number of carbonyl (C=O) groups is 1. The molecule has 0 bridgehead atoms. The molecule has 0 saturated carbocycles. The molecule has 0 aliphatic carbocycles. The fourth-order valence-corrected chi connectivity index (χ4v) is 3.07. The number of amides is 1. The maximum atomic E-state index is 13.0. The molecule has 0 radical (unpaired) electrons. The molecule has 4 aromatic rings. The largest absolute Gasteiger partial charge is 0.497 e. The molecule has 2 aromatic heterocycles. The zero-order valence-electron chi connectivity index (χ0n) is 16.1. The minimum absolute atomic E-state index is 0.202. The lowest BCUT2D eigenvalue weighted by Gasteiger charge is -2.13. The minimum Gasteiger partial charge on any atom is -0.497 e. The fourth-order valence-electron chi connectivity index (χ4n) is 3.07. The van der Waals surface area contributed by atoms with E-state index >= 15 is 0 Å². The van der Waals surface area contributed by atoms with Gasteiger partial charge in [0.05, 0.1) is 25.0 Å². The van der Waals surface area contributed by atoms with Gasteiger partial charge in [-0.3, -0.25) is 4.79 Å². The molecule has 7 heteroatoms. The van der Waals surface area contributed by atoms with Gasteiger partial charge in [-0.05, 0) is 18.2 Å². The molecule has 0 fully saturated rings. The first kappa shape index (κ1) is 18.5. The second kappa shape index (κ2) is 8.02. The smallest absolute Gasteiger partial charge is 0.274 e. The van der Waals surface area contributed by atoms with Gasteiger partial charge in [0, 0.05) is 24.7 Å². The second-order valence-corrected chi connectivity index (χ2v) is 6.55. The van der Waals surface area contributed by atoms with Crippen LogP contribution in [0.4, 0.5) is 0 Å². The van der Waals surface area contributed by atoms with Gasteiger partial charge < -0.3 is 14.2 Å². The quantitative estimate of drug-likeness (QED) is 0.502. The van der Waals surface area contributed by atoms with E-state index in [1.54, 1.807) is 35.9 Å². The van der Waals surface area contributed by atoms with Crippen LogP contribution in [0.1, 0.15) is 16.2 Å². The summed E-state index contributed by atoms with van der Waals surface area (Å²) in [6.07, 6.45) is 1.48. The van der Waals surface area contributed by atoms with Crippen molar-refractivity contribution in [3.8, 4) is 22.7 Å². The maximum absolute atomic E-state index is 13.0. The van der Waals surface area contributed by atoms with Crippen LogP contribution >= 0.6 is 0 Å². The Kier molecular flexibility index (Phi) is 5.11. The van der Waals surface area contributed by atoms with Crippen LogP contribution < -0.4 is 4.74 Å². The van der Waals surface area contributed by atoms with Crippen LogP contribution in [0.2, 0.25) is 0 Å². The van der Waals surface area contributed by atoms with E-state index < -0.39 is 0 Å².